The standard InChI is InChI=1S/C15H24N2O/c1-3-18-13-9-7-12(8-10-13)15-14(16)6-4-5-11-17(15)2/h7-10,14-15H,3-6,11,16H2,1-2H3. The molecular weight excluding hydrogens is 224 g/mol. The fourth-order valence-corrected chi connectivity index (χ4v) is 2.79. The van der Waals surface area contributed by atoms with Crippen LogP contribution in [0.5, 0.6) is 5.75 Å². The summed E-state index contributed by atoms with van der Waals surface area (Å²) in [5, 5.41) is 0. The van der Waals surface area contributed by atoms with Gasteiger partial charge in [0.1, 0.15) is 5.75 Å². The second-order valence-corrected chi connectivity index (χ2v) is 5.09. The van der Waals surface area contributed by atoms with E-state index in [9.17, 15) is 0 Å². The number of hydrogen-bond donors (Lipinski definition) is 1. The van der Waals surface area contributed by atoms with Gasteiger partial charge in [0.2, 0.25) is 0 Å². The van der Waals surface area contributed by atoms with Crippen LogP contribution in [0, 0.1) is 0 Å². The van der Waals surface area contributed by atoms with Gasteiger partial charge >= 0.3 is 0 Å². The first kappa shape index (κ1) is 13.4. The average Bonchev–Trinajstić information content (AvgIpc) is 2.53. The van der Waals surface area contributed by atoms with E-state index in [4.69, 9.17) is 10.5 Å². The SMILES string of the molecule is CCOc1ccc(C2C(N)CCCCN2C)cc1. The molecule has 3 nitrogen and oxygen atoms in total. The highest BCUT2D eigenvalue weighted by Gasteiger charge is 2.26. The molecule has 1 aromatic carbocycles. The van der Waals surface area contributed by atoms with Gasteiger partial charge in [0.15, 0.2) is 0 Å². The Labute approximate surface area is 110 Å². The van der Waals surface area contributed by atoms with Crippen LogP contribution in [0.15, 0.2) is 24.3 Å². The predicted octanol–water partition coefficient (Wildman–Crippen LogP) is 2.57. The van der Waals surface area contributed by atoms with E-state index in [1.807, 2.05) is 19.1 Å². The molecule has 0 saturated carbocycles. The van der Waals surface area contributed by atoms with Crippen LogP contribution in [-0.2, 0) is 0 Å². The highest BCUT2D eigenvalue weighted by Crippen LogP contribution is 2.29. The van der Waals surface area contributed by atoms with Gasteiger partial charge in [0.05, 0.1) is 6.61 Å². The number of hydrogen-bond acceptors (Lipinski definition) is 3. The Kier molecular flexibility index (Phi) is 4.61. The Morgan fingerprint density at radius 1 is 1.28 bits per heavy atom. The van der Waals surface area contributed by atoms with Crippen molar-refractivity contribution in [2.75, 3.05) is 20.2 Å². The Bertz CT molecular complexity index is 351. The fraction of sp³-hybridized carbons (Fsp3) is 0.600. The van der Waals surface area contributed by atoms with Gasteiger partial charge in [-0.05, 0) is 51.1 Å². The third-order valence-electron chi connectivity index (χ3n) is 3.71. The molecule has 0 bridgehead atoms. The molecule has 3 heteroatoms. The van der Waals surface area contributed by atoms with Crippen LogP contribution in [0.25, 0.3) is 0 Å². The van der Waals surface area contributed by atoms with Crippen molar-refractivity contribution in [3.8, 4) is 5.75 Å². The molecule has 100 valence electrons. The van der Waals surface area contributed by atoms with Gasteiger partial charge < -0.3 is 10.5 Å². The third-order valence-corrected chi connectivity index (χ3v) is 3.71. The van der Waals surface area contributed by atoms with E-state index in [0.717, 1.165) is 18.7 Å². The summed E-state index contributed by atoms with van der Waals surface area (Å²) in [5.41, 5.74) is 7.63. The van der Waals surface area contributed by atoms with Crippen LogP contribution >= 0.6 is 0 Å². The Balaban J connectivity index is 2.16. The molecule has 1 aliphatic rings. The van der Waals surface area contributed by atoms with Gasteiger partial charge in [0.25, 0.3) is 0 Å². The van der Waals surface area contributed by atoms with Gasteiger partial charge in [-0.25, -0.2) is 0 Å². The lowest BCUT2D eigenvalue weighted by Crippen LogP contribution is -2.37. The number of likely N-dealkylation sites (tertiary alicyclic amines) is 1. The summed E-state index contributed by atoms with van der Waals surface area (Å²) in [6.45, 7) is 3.84. The zero-order chi connectivity index (χ0) is 13.0. The van der Waals surface area contributed by atoms with E-state index in [2.05, 4.69) is 24.1 Å². The van der Waals surface area contributed by atoms with E-state index < -0.39 is 0 Å². The van der Waals surface area contributed by atoms with Crippen molar-refractivity contribution >= 4 is 0 Å². The lowest BCUT2D eigenvalue weighted by Gasteiger charge is -2.30. The summed E-state index contributed by atoms with van der Waals surface area (Å²) >= 11 is 0. The molecule has 2 N–H and O–H groups in total. The van der Waals surface area contributed by atoms with Crippen LogP contribution in [0.3, 0.4) is 0 Å². The average molecular weight is 248 g/mol. The number of nitrogens with zero attached hydrogens (tertiary/aromatic N) is 1. The van der Waals surface area contributed by atoms with Crippen LogP contribution in [-0.4, -0.2) is 31.1 Å². The second kappa shape index (κ2) is 6.21. The maximum absolute atomic E-state index is 6.33. The van der Waals surface area contributed by atoms with Crippen LogP contribution in [0.2, 0.25) is 0 Å². The van der Waals surface area contributed by atoms with Crippen LogP contribution in [0.1, 0.15) is 37.8 Å². The van der Waals surface area contributed by atoms with E-state index in [1.165, 1.54) is 18.4 Å². The fourth-order valence-electron chi connectivity index (χ4n) is 2.79. The number of benzene rings is 1. The second-order valence-electron chi connectivity index (χ2n) is 5.09. The summed E-state index contributed by atoms with van der Waals surface area (Å²) in [6, 6.07) is 8.96. The van der Waals surface area contributed by atoms with Crippen molar-refractivity contribution in [2.45, 2.75) is 38.3 Å². The predicted molar refractivity (Wildman–Crippen MR) is 74.8 cm³/mol. The summed E-state index contributed by atoms with van der Waals surface area (Å²) in [5.74, 6) is 0.936. The first-order valence-corrected chi connectivity index (χ1v) is 6.91. The van der Waals surface area contributed by atoms with Crippen molar-refractivity contribution in [2.24, 2.45) is 5.73 Å². The van der Waals surface area contributed by atoms with Crippen molar-refractivity contribution in [3.63, 3.8) is 0 Å². The summed E-state index contributed by atoms with van der Waals surface area (Å²) in [7, 11) is 2.17. The van der Waals surface area contributed by atoms with E-state index in [1.54, 1.807) is 0 Å². The van der Waals surface area contributed by atoms with Gasteiger partial charge in [-0.1, -0.05) is 18.6 Å². The lowest BCUT2D eigenvalue weighted by molar-refractivity contribution is 0.230. The molecule has 0 spiro atoms. The van der Waals surface area contributed by atoms with Gasteiger partial charge in [-0.15, -0.1) is 0 Å². The molecule has 1 saturated heterocycles. The maximum atomic E-state index is 6.33. The first-order valence-electron chi connectivity index (χ1n) is 6.91. The molecule has 1 heterocycles. The topological polar surface area (TPSA) is 38.5 Å². The Hall–Kier alpha value is -1.06. The van der Waals surface area contributed by atoms with Gasteiger partial charge in [-0.2, -0.15) is 0 Å². The number of ether oxygens (including phenoxy) is 1. The molecule has 18 heavy (non-hydrogen) atoms. The third kappa shape index (κ3) is 3.03. The minimum Gasteiger partial charge on any atom is -0.494 e. The molecular formula is C15H24N2O. The minimum absolute atomic E-state index is 0.232. The first-order chi connectivity index (χ1) is 8.72. The molecule has 0 aliphatic carbocycles. The van der Waals surface area contributed by atoms with Crippen molar-refractivity contribution < 1.29 is 4.74 Å². The molecule has 2 rings (SSSR count). The zero-order valence-corrected chi connectivity index (χ0v) is 11.4. The summed E-state index contributed by atoms with van der Waals surface area (Å²) in [6.07, 6.45) is 3.60. The largest absolute Gasteiger partial charge is 0.494 e. The molecule has 1 aliphatic heterocycles. The lowest BCUT2D eigenvalue weighted by atomic mass is 9.96. The molecule has 1 fully saturated rings. The van der Waals surface area contributed by atoms with Crippen molar-refractivity contribution in [3.05, 3.63) is 29.8 Å². The monoisotopic (exact) mass is 248 g/mol. The normalized spacial score (nSPS) is 25.7. The van der Waals surface area contributed by atoms with Crippen LogP contribution < -0.4 is 10.5 Å². The smallest absolute Gasteiger partial charge is 0.119 e. The molecule has 0 radical (unpaired) electrons. The zero-order valence-electron chi connectivity index (χ0n) is 11.4. The van der Waals surface area contributed by atoms with Crippen molar-refractivity contribution in [1.82, 2.24) is 4.90 Å². The summed E-state index contributed by atoms with van der Waals surface area (Å²) < 4.78 is 5.48. The molecule has 0 amide bonds. The molecule has 2 atom stereocenters. The van der Waals surface area contributed by atoms with E-state index in [-0.39, 0.29) is 6.04 Å². The van der Waals surface area contributed by atoms with E-state index in [0.29, 0.717) is 12.6 Å². The summed E-state index contributed by atoms with van der Waals surface area (Å²) in [4.78, 5) is 2.38. The van der Waals surface area contributed by atoms with Crippen LogP contribution in [0.4, 0.5) is 0 Å². The minimum atomic E-state index is 0.232. The molecule has 0 aromatic heterocycles. The Morgan fingerprint density at radius 2 is 2.00 bits per heavy atom. The molecule has 2 unspecified atom stereocenters. The highest BCUT2D eigenvalue weighted by molar-refractivity contribution is 5.30. The maximum Gasteiger partial charge on any atom is 0.119 e. The Morgan fingerprint density at radius 3 is 2.67 bits per heavy atom. The molecule has 1 aromatic rings. The quantitative estimate of drug-likeness (QED) is 0.893. The van der Waals surface area contributed by atoms with E-state index >= 15 is 0 Å². The number of nitrogens with two attached hydrogens (primary N) is 1. The number of rotatable bonds is 3. The van der Waals surface area contributed by atoms with Gasteiger partial charge in [-0.3, -0.25) is 4.90 Å². The van der Waals surface area contributed by atoms with Gasteiger partial charge in [0, 0.05) is 12.1 Å². The number of likely N-dealkylation sites (N-methyl/N-ethyl adjacent to an activating group) is 1. The van der Waals surface area contributed by atoms with Crippen molar-refractivity contribution in [1.29, 1.82) is 0 Å². The highest BCUT2D eigenvalue weighted by atomic mass is 16.5.